The van der Waals surface area contributed by atoms with Gasteiger partial charge >= 0.3 is 0 Å². The Labute approximate surface area is 166 Å². The van der Waals surface area contributed by atoms with Crippen LogP contribution in [0.2, 0.25) is 0 Å². The molecule has 0 spiro atoms. The van der Waals surface area contributed by atoms with E-state index < -0.39 is 5.60 Å². The number of rotatable bonds is 3. The molecule has 1 unspecified atom stereocenters. The lowest BCUT2D eigenvalue weighted by molar-refractivity contribution is -0.138. The molecule has 1 atom stereocenters. The molecule has 2 N–H and O–H groups in total. The second-order valence-electron chi connectivity index (χ2n) is 9.04. The Bertz CT molecular complexity index is 860. The SMILES string of the molecule is O=C(C1CCCc2c1[nH]c1ccccc21)N1CCC(O)(CN2CCCC2)CC1. The molecule has 1 aliphatic carbocycles. The van der Waals surface area contributed by atoms with E-state index in [1.165, 1.54) is 23.8 Å². The van der Waals surface area contributed by atoms with Crippen LogP contribution in [0.1, 0.15) is 55.7 Å². The van der Waals surface area contributed by atoms with Crippen molar-refractivity contribution in [1.82, 2.24) is 14.8 Å². The number of amides is 1. The van der Waals surface area contributed by atoms with Crippen molar-refractivity contribution in [1.29, 1.82) is 0 Å². The second kappa shape index (κ2) is 7.20. The van der Waals surface area contributed by atoms with Crippen LogP contribution in [-0.4, -0.2) is 64.1 Å². The van der Waals surface area contributed by atoms with E-state index >= 15 is 0 Å². The third-order valence-electron chi connectivity index (χ3n) is 7.14. The molecule has 5 nitrogen and oxygen atoms in total. The number of hydrogen-bond donors (Lipinski definition) is 2. The molecule has 28 heavy (non-hydrogen) atoms. The van der Waals surface area contributed by atoms with E-state index in [2.05, 4.69) is 28.1 Å². The van der Waals surface area contributed by atoms with Crippen molar-refractivity contribution in [3.8, 4) is 0 Å². The zero-order chi connectivity index (χ0) is 19.1. The van der Waals surface area contributed by atoms with Crippen molar-refractivity contribution in [3.63, 3.8) is 0 Å². The minimum Gasteiger partial charge on any atom is -0.388 e. The van der Waals surface area contributed by atoms with Crippen molar-refractivity contribution < 1.29 is 9.90 Å². The third kappa shape index (κ3) is 3.25. The Morgan fingerprint density at radius 2 is 1.86 bits per heavy atom. The quantitative estimate of drug-likeness (QED) is 0.859. The van der Waals surface area contributed by atoms with Crippen LogP contribution in [0.4, 0.5) is 0 Å². The van der Waals surface area contributed by atoms with Gasteiger partial charge in [0.2, 0.25) is 5.91 Å². The van der Waals surface area contributed by atoms with Crippen molar-refractivity contribution in [3.05, 3.63) is 35.5 Å². The number of nitrogens with one attached hydrogen (secondary N) is 1. The summed E-state index contributed by atoms with van der Waals surface area (Å²) in [5, 5.41) is 12.3. The van der Waals surface area contributed by atoms with Gasteiger partial charge in [-0.2, -0.15) is 0 Å². The molecule has 0 bridgehead atoms. The molecule has 5 rings (SSSR count). The highest BCUT2D eigenvalue weighted by Gasteiger charge is 2.39. The second-order valence-corrected chi connectivity index (χ2v) is 9.04. The van der Waals surface area contributed by atoms with Crippen LogP contribution in [-0.2, 0) is 11.2 Å². The minimum atomic E-state index is -0.625. The number of carbonyl (C=O) groups excluding carboxylic acids is 1. The number of fused-ring (bicyclic) bond motifs is 3. The Hall–Kier alpha value is -1.85. The molecule has 3 heterocycles. The largest absolute Gasteiger partial charge is 0.388 e. The smallest absolute Gasteiger partial charge is 0.231 e. The average molecular weight is 382 g/mol. The van der Waals surface area contributed by atoms with Gasteiger partial charge in [0.05, 0.1) is 11.5 Å². The molecule has 2 saturated heterocycles. The number of para-hydroxylation sites is 1. The molecule has 0 radical (unpaired) electrons. The molecule has 2 aromatic rings. The standard InChI is InChI=1S/C23H31N3O2/c27-22(26-14-10-23(28,11-15-26)16-25-12-3-4-13-25)19-8-5-7-18-17-6-1-2-9-20(17)24-21(18)19/h1-2,6,9,19,24,28H,3-5,7-8,10-16H2. The minimum absolute atomic E-state index is 0.0547. The fourth-order valence-electron chi connectivity index (χ4n) is 5.54. The van der Waals surface area contributed by atoms with Gasteiger partial charge in [-0.15, -0.1) is 0 Å². The van der Waals surface area contributed by atoms with Gasteiger partial charge in [-0.05, 0) is 69.7 Å². The van der Waals surface area contributed by atoms with Gasteiger partial charge in [0.15, 0.2) is 0 Å². The van der Waals surface area contributed by atoms with Crippen LogP contribution in [0.15, 0.2) is 24.3 Å². The number of nitrogens with zero attached hydrogens (tertiary/aromatic N) is 2. The van der Waals surface area contributed by atoms with E-state index in [1.54, 1.807) is 0 Å². The number of benzene rings is 1. The first kappa shape index (κ1) is 18.2. The van der Waals surface area contributed by atoms with E-state index in [9.17, 15) is 9.90 Å². The maximum Gasteiger partial charge on any atom is 0.231 e. The highest BCUT2D eigenvalue weighted by Crippen LogP contribution is 2.38. The lowest BCUT2D eigenvalue weighted by atomic mass is 9.84. The third-order valence-corrected chi connectivity index (χ3v) is 7.14. The molecule has 0 saturated carbocycles. The zero-order valence-corrected chi connectivity index (χ0v) is 16.6. The van der Waals surface area contributed by atoms with Gasteiger partial charge in [-0.1, -0.05) is 18.2 Å². The first-order chi connectivity index (χ1) is 13.6. The van der Waals surface area contributed by atoms with Crippen molar-refractivity contribution in [2.75, 3.05) is 32.7 Å². The number of aryl methyl sites for hydroxylation is 1. The van der Waals surface area contributed by atoms with Crippen LogP contribution in [0, 0.1) is 0 Å². The van der Waals surface area contributed by atoms with E-state index in [1.807, 2.05) is 11.0 Å². The molecule has 1 amide bonds. The summed E-state index contributed by atoms with van der Waals surface area (Å²) >= 11 is 0. The van der Waals surface area contributed by atoms with Crippen LogP contribution in [0.5, 0.6) is 0 Å². The van der Waals surface area contributed by atoms with Crippen LogP contribution in [0.25, 0.3) is 10.9 Å². The Morgan fingerprint density at radius 1 is 1.11 bits per heavy atom. The molecule has 5 heteroatoms. The first-order valence-corrected chi connectivity index (χ1v) is 11.0. The van der Waals surface area contributed by atoms with E-state index in [0.717, 1.165) is 50.1 Å². The summed E-state index contributed by atoms with van der Waals surface area (Å²) in [5.41, 5.74) is 2.99. The van der Waals surface area contributed by atoms with Gasteiger partial charge in [0, 0.05) is 36.2 Å². The molecule has 3 aliphatic rings. The van der Waals surface area contributed by atoms with Gasteiger partial charge in [-0.3, -0.25) is 4.79 Å². The number of β-amino-alcohol motifs (C(OH)–C–C–N with tert-alkyl or cyclic N) is 1. The highest BCUT2D eigenvalue weighted by atomic mass is 16.3. The average Bonchev–Trinajstić information content (AvgIpc) is 3.35. The van der Waals surface area contributed by atoms with Crippen LogP contribution < -0.4 is 0 Å². The van der Waals surface area contributed by atoms with E-state index in [4.69, 9.17) is 0 Å². The van der Waals surface area contributed by atoms with Gasteiger partial charge < -0.3 is 19.9 Å². The number of aliphatic hydroxyl groups is 1. The molecular weight excluding hydrogens is 350 g/mol. The number of likely N-dealkylation sites (tertiary alicyclic amines) is 2. The molecular formula is C23H31N3O2. The summed E-state index contributed by atoms with van der Waals surface area (Å²) in [7, 11) is 0. The zero-order valence-electron chi connectivity index (χ0n) is 16.6. The highest BCUT2D eigenvalue weighted by molar-refractivity contribution is 5.90. The molecule has 2 aliphatic heterocycles. The number of aromatic amines is 1. The van der Waals surface area contributed by atoms with Gasteiger partial charge in [-0.25, -0.2) is 0 Å². The topological polar surface area (TPSA) is 59.6 Å². The summed E-state index contributed by atoms with van der Waals surface area (Å²) in [4.78, 5) is 21.3. The van der Waals surface area contributed by atoms with Gasteiger partial charge in [0.25, 0.3) is 0 Å². The number of carbonyl (C=O) groups is 1. The molecule has 150 valence electrons. The van der Waals surface area contributed by atoms with Crippen LogP contribution in [0.3, 0.4) is 0 Å². The Kier molecular flexibility index (Phi) is 4.68. The van der Waals surface area contributed by atoms with Crippen molar-refractivity contribution >= 4 is 16.8 Å². The number of aromatic nitrogens is 1. The molecule has 2 fully saturated rings. The van der Waals surface area contributed by atoms with E-state index in [-0.39, 0.29) is 11.8 Å². The van der Waals surface area contributed by atoms with Crippen molar-refractivity contribution in [2.24, 2.45) is 0 Å². The predicted octanol–water partition coefficient (Wildman–Crippen LogP) is 3.04. The summed E-state index contributed by atoms with van der Waals surface area (Å²) in [6.45, 7) is 4.33. The Morgan fingerprint density at radius 3 is 2.64 bits per heavy atom. The van der Waals surface area contributed by atoms with Crippen LogP contribution >= 0.6 is 0 Å². The fourth-order valence-corrected chi connectivity index (χ4v) is 5.54. The van der Waals surface area contributed by atoms with Crippen molar-refractivity contribution in [2.45, 2.75) is 56.5 Å². The molecule has 1 aromatic heterocycles. The first-order valence-electron chi connectivity index (χ1n) is 11.0. The number of piperidine rings is 1. The number of hydrogen-bond acceptors (Lipinski definition) is 3. The monoisotopic (exact) mass is 381 g/mol. The lowest BCUT2D eigenvalue weighted by Crippen LogP contribution is -2.52. The predicted molar refractivity (Wildman–Crippen MR) is 110 cm³/mol. The summed E-state index contributed by atoms with van der Waals surface area (Å²) < 4.78 is 0. The maximum atomic E-state index is 13.4. The van der Waals surface area contributed by atoms with Gasteiger partial charge in [0.1, 0.15) is 0 Å². The van der Waals surface area contributed by atoms with E-state index in [0.29, 0.717) is 25.9 Å². The maximum absolute atomic E-state index is 13.4. The lowest BCUT2D eigenvalue weighted by Gasteiger charge is -2.41. The fraction of sp³-hybridized carbons (Fsp3) is 0.609. The Balaban J connectivity index is 1.29. The molecule has 1 aromatic carbocycles. The normalized spacial score (nSPS) is 25.2. The summed E-state index contributed by atoms with van der Waals surface area (Å²) in [5.74, 6) is 0.191. The summed E-state index contributed by atoms with van der Waals surface area (Å²) in [6, 6.07) is 8.39. The number of H-pyrrole nitrogens is 1. The summed E-state index contributed by atoms with van der Waals surface area (Å²) in [6.07, 6.45) is 6.93.